The molecule has 0 unspecified atom stereocenters. The van der Waals surface area contributed by atoms with Crippen LogP contribution in [0.25, 0.3) is 11.1 Å². The second-order valence-electron chi connectivity index (χ2n) is 11.8. The number of hydrogen-bond donors (Lipinski definition) is 0. The minimum Gasteiger partial charge on any atom is -0.219 e. The number of hydrogen-bond acceptors (Lipinski definition) is 4. The fraction of sp³-hybridized carbons (Fsp3) is 0.351. The van der Waals surface area contributed by atoms with Crippen LogP contribution in [0, 0.1) is 0 Å². The lowest BCUT2D eigenvalue weighted by atomic mass is 9.70. The maximum atomic E-state index is 13.8. The third-order valence-electron chi connectivity index (χ3n) is 8.95. The Hall–Kier alpha value is -3.22. The molecule has 0 spiro atoms. The lowest BCUT2D eigenvalue weighted by molar-refractivity contribution is 0.400. The summed E-state index contributed by atoms with van der Waals surface area (Å²) < 4.78 is 55.1. The zero-order valence-corrected chi connectivity index (χ0v) is 26.9. The normalized spacial score (nSPS) is 13.9. The number of benzene rings is 4. The monoisotopic (exact) mass is 614 g/mol. The van der Waals surface area contributed by atoms with Crippen molar-refractivity contribution >= 4 is 19.7 Å². The zero-order valence-electron chi connectivity index (χ0n) is 25.3. The maximum Gasteiger partial charge on any atom is 0.206 e. The maximum absolute atomic E-state index is 13.8. The Morgan fingerprint density at radius 3 is 1.23 bits per heavy atom. The number of rotatable bonds is 14. The Balaban J connectivity index is 1.69. The van der Waals surface area contributed by atoms with Crippen molar-refractivity contribution < 1.29 is 16.8 Å². The standard InChI is InChI=1S/C37H42O4S2/c1-3-5-7-15-25-37(26-16-8-6-4-2)35-27-31(42(38,39)29-17-11-9-12-18-29)21-23-33(35)34-24-22-32(28-36(34)37)43(40,41)30-19-13-10-14-20-30/h9-14,17-24,27-28H,3-8,15-16,25-26H2,1-2H3. The highest BCUT2D eigenvalue weighted by atomic mass is 32.2. The first-order valence-corrected chi connectivity index (χ1v) is 18.6. The molecule has 43 heavy (non-hydrogen) atoms. The van der Waals surface area contributed by atoms with Crippen LogP contribution in [0.15, 0.2) is 117 Å². The van der Waals surface area contributed by atoms with E-state index in [-0.39, 0.29) is 19.6 Å². The highest BCUT2D eigenvalue weighted by Gasteiger charge is 2.43. The van der Waals surface area contributed by atoms with E-state index in [1.807, 2.05) is 36.4 Å². The van der Waals surface area contributed by atoms with Gasteiger partial charge >= 0.3 is 0 Å². The molecule has 226 valence electrons. The van der Waals surface area contributed by atoms with Crippen molar-refractivity contribution in [3.05, 3.63) is 108 Å². The Bertz CT molecular complexity index is 1630. The molecule has 5 rings (SSSR count). The lowest BCUT2D eigenvalue weighted by Gasteiger charge is -2.33. The van der Waals surface area contributed by atoms with Crippen LogP contribution < -0.4 is 0 Å². The van der Waals surface area contributed by atoms with Crippen LogP contribution in [0.2, 0.25) is 0 Å². The van der Waals surface area contributed by atoms with Crippen molar-refractivity contribution in [2.45, 2.75) is 103 Å². The van der Waals surface area contributed by atoms with E-state index >= 15 is 0 Å². The van der Waals surface area contributed by atoms with Gasteiger partial charge in [-0.3, -0.25) is 0 Å². The summed E-state index contributed by atoms with van der Waals surface area (Å²) in [5.41, 5.74) is 3.59. The summed E-state index contributed by atoms with van der Waals surface area (Å²) in [7, 11) is -7.44. The van der Waals surface area contributed by atoms with E-state index < -0.39 is 25.1 Å². The van der Waals surface area contributed by atoms with Gasteiger partial charge in [0, 0.05) is 5.41 Å². The molecule has 4 aromatic carbocycles. The molecular weight excluding hydrogens is 573 g/mol. The summed E-state index contributed by atoms with van der Waals surface area (Å²) in [4.78, 5) is 1.12. The predicted molar refractivity (Wildman–Crippen MR) is 174 cm³/mol. The number of fused-ring (bicyclic) bond motifs is 3. The molecule has 6 heteroatoms. The molecule has 4 aromatic rings. The second kappa shape index (κ2) is 13.2. The topological polar surface area (TPSA) is 68.3 Å². The highest BCUT2D eigenvalue weighted by molar-refractivity contribution is 7.91. The van der Waals surface area contributed by atoms with Crippen molar-refractivity contribution in [2.24, 2.45) is 0 Å². The SMILES string of the molecule is CCCCCCC1(CCCCCC)c2cc(S(=O)(=O)c3ccccc3)ccc2-c2ccc(S(=O)(=O)c3ccccc3)cc21. The van der Waals surface area contributed by atoms with Crippen LogP contribution in [0.4, 0.5) is 0 Å². The average molecular weight is 615 g/mol. The molecule has 0 N–H and O–H groups in total. The summed E-state index contributed by atoms with van der Waals surface area (Å²) >= 11 is 0. The average Bonchev–Trinajstić information content (AvgIpc) is 3.31. The van der Waals surface area contributed by atoms with E-state index in [1.165, 1.54) is 0 Å². The Kier molecular flexibility index (Phi) is 9.57. The predicted octanol–water partition coefficient (Wildman–Crippen LogP) is 9.56. The van der Waals surface area contributed by atoms with Gasteiger partial charge in [0.1, 0.15) is 0 Å². The molecular formula is C37H42O4S2. The molecule has 0 heterocycles. The van der Waals surface area contributed by atoms with E-state index in [9.17, 15) is 16.8 Å². The number of sulfone groups is 2. The molecule has 0 aromatic heterocycles. The molecule has 1 aliphatic carbocycles. The van der Waals surface area contributed by atoms with Gasteiger partial charge in [-0.05, 0) is 83.6 Å². The van der Waals surface area contributed by atoms with Gasteiger partial charge in [-0.15, -0.1) is 0 Å². The van der Waals surface area contributed by atoms with Crippen LogP contribution >= 0.6 is 0 Å². The van der Waals surface area contributed by atoms with E-state index in [0.29, 0.717) is 0 Å². The summed E-state index contributed by atoms with van der Waals surface area (Å²) in [6.07, 6.45) is 10.4. The van der Waals surface area contributed by atoms with Crippen molar-refractivity contribution in [1.82, 2.24) is 0 Å². The van der Waals surface area contributed by atoms with Gasteiger partial charge in [-0.25, -0.2) is 16.8 Å². The van der Waals surface area contributed by atoms with Crippen LogP contribution in [0.5, 0.6) is 0 Å². The molecule has 0 bridgehead atoms. The third-order valence-corrected chi connectivity index (χ3v) is 12.5. The molecule has 0 radical (unpaired) electrons. The van der Waals surface area contributed by atoms with Crippen molar-refractivity contribution in [3.8, 4) is 11.1 Å². The van der Waals surface area contributed by atoms with Gasteiger partial charge in [0.05, 0.1) is 19.6 Å². The highest BCUT2D eigenvalue weighted by Crippen LogP contribution is 2.55. The summed E-state index contributed by atoms with van der Waals surface area (Å²) in [5.74, 6) is 0. The zero-order chi connectivity index (χ0) is 30.5. The minimum atomic E-state index is -3.72. The van der Waals surface area contributed by atoms with Crippen molar-refractivity contribution in [1.29, 1.82) is 0 Å². The first-order chi connectivity index (χ1) is 20.8. The van der Waals surface area contributed by atoms with Crippen LogP contribution in [0.1, 0.15) is 89.2 Å². The molecule has 0 fully saturated rings. The molecule has 0 saturated carbocycles. The molecule has 4 nitrogen and oxygen atoms in total. The van der Waals surface area contributed by atoms with Gasteiger partial charge in [0.25, 0.3) is 0 Å². The minimum absolute atomic E-state index is 0.276. The second-order valence-corrected chi connectivity index (χ2v) is 15.7. The third kappa shape index (κ3) is 6.09. The quantitative estimate of drug-likeness (QED) is 0.133. The van der Waals surface area contributed by atoms with Gasteiger partial charge in [-0.2, -0.15) is 0 Å². The number of unbranched alkanes of at least 4 members (excludes halogenated alkanes) is 6. The molecule has 0 amide bonds. The summed E-state index contributed by atoms with van der Waals surface area (Å²) in [6, 6.07) is 28.3. The van der Waals surface area contributed by atoms with Crippen LogP contribution in [-0.4, -0.2) is 16.8 Å². The van der Waals surface area contributed by atoms with Gasteiger partial charge in [0.2, 0.25) is 19.7 Å². The van der Waals surface area contributed by atoms with Crippen molar-refractivity contribution in [2.75, 3.05) is 0 Å². The summed E-state index contributed by atoms with van der Waals surface area (Å²) in [5, 5.41) is 0. The molecule has 0 aliphatic heterocycles. The Morgan fingerprint density at radius 2 is 0.860 bits per heavy atom. The smallest absolute Gasteiger partial charge is 0.206 e. The first-order valence-electron chi connectivity index (χ1n) is 15.7. The van der Waals surface area contributed by atoms with Crippen LogP contribution in [0.3, 0.4) is 0 Å². The fourth-order valence-corrected chi connectivity index (χ4v) is 9.25. The van der Waals surface area contributed by atoms with Gasteiger partial charge < -0.3 is 0 Å². The largest absolute Gasteiger partial charge is 0.219 e. The first kappa shape index (κ1) is 31.2. The molecule has 0 saturated heterocycles. The van der Waals surface area contributed by atoms with E-state index in [2.05, 4.69) is 13.8 Å². The van der Waals surface area contributed by atoms with Crippen LogP contribution in [-0.2, 0) is 25.1 Å². The van der Waals surface area contributed by atoms with Crippen molar-refractivity contribution in [3.63, 3.8) is 0 Å². The lowest BCUT2D eigenvalue weighted by Crippen LogP contribution is -2.26. The fourth-order valence-electron chi connectivity index (χ4n) is 6.63. The van der Waals surface area contributed by atoms with E-state index in [1.54, 1.807) is 60.7 Å². The Labute approximate surface area is 258 Å². The van der Waals surface area contributed by atoms with E-state index in [4.69, 9.17) is 0 Å². The van der Waals surface area contributed by atoms with E-state index in [0.717, 1.165) is 86.5 Å². The van der Waals surface area contributed by atoms with Gasteiger partial charge in [0.15, 0.2) is 0 Å². The Morgan fingerprint density at radius 1 is 0.465 bits per heavy atom. The molecule has 1 aliphatic rings. The van der Waals surface area contributed by atoms with Gasteiger partial charge in [-0.1, -0.05) is 114 Å². The molecule has 0 atom stereocenters. The summed E-state index contributed by atoms with van der Waals surface area (Å²) in [6.45, 7) is 4.39.